The zero-order chi connectivity index (χ0) is 23.9. The third-order valence-corrected chi connectivity index (χ3v) is 7.77. The van der Waals surface area contributed by atoms with Gasteiger partial charge in [0.1, 0.15) is 17.1 Å². The molecule has 1 unspecified atom stereocenters. The average molecular weight is 472 g/mol. The molecule has 0 aliphatic heterocycles. The summed E-state index contributed by atoms with van der Waals surface area (Å²) in [6, 6.07) is 9.80. The minimum atomic E-state index is -2.88. The zero-order valence-corrected chi connectivity index (χ0v) is 19.1. The lowest BCUT2D eigenvalue weighted by Gasteiger charge is -2.17. The van der Waals surface area contributed by atoms with Gasteiger partial charge < -0.3 is 14.3 Å². The maximum absolute atomic E-state index is 14.3. The maximum Gasteiger partial charge on any atom is 0.274 e. The highest BCUT2D eigenvalue weighted by Crippen LogP contribution is 2.38. The number of hydrogen-bond acceptors (Lipinski definition) is 4. The summed E-state index contributed by atoms with van der Waals surface area (Å²) in [5, 5.41) is 0.300. The van der Waals surface area contributed by atoms with Gasteiger partial charge in [-0.1, -0.05) is 19.9 Å². The van der Waals surface area contributed by atoms with E-state index in [9.17, 15) is 17.8 Å². The number of fused-ring (bicyclic) bond motifs is 1. The molecule has 0 saturated carbocycles. The van der Waals surface area contributed by atoms with Crippen molar-refractivity contribution in [3.05, 3.63) is 82.4 Å². The quantitative estimate of drug-likeness (QED) is 0.386. The molecule has 0 spiro atoms. The van der Waals surface area contributed by atoms with Crippen LogP contribution >= 0.6 is 0 Å². The molecular formula is C24H23F2N3O3S. The van der Waals surface area contributed by atoms with Crippen molar-refractivity contribution >= 4 is 20.6 Å². The number of benzene rings is 2. The number of nitrogens with one attached hydrogen (secondary N) is 2. The third kappa shape index (κ3) is 4.41. The Morgan fingerprint density at radius 3 is 2.52 bits per heavy atom. The minimum Gasteiger partial charge on any atom is -0.454 e. The minimum absolute atomic E-state index is 0.0326. The Kier molecular flexibility index (Phi) is 5.84. The average Bonchev–Trinajstić information content (AvgIpc) is 3.23. The molecule has 0 aliphatic rings. The van der Waals surface area contributed by atoms with E-state index in [2.05, 4.69) is 4.98 Å². The molecule has 0 amide bonds. The van der Waals surface area contributed by atoms with Gasteiger partial charge >= 0.3 is 0 Å². The Labute approximate surface area is 189 Å². The van der Waals surface area contributed by atoms with Crippen molar-refractivity contribution in [3.8, 4) is 22.6 Å². The summed E-state index contributed by atoms with van der Waals surface area (Å²) in [4.78, 5) is 15.4. The topological polar surface area (TPSA) is 87.9 Å². The van der Waals surface area contributed by atoms with Gasteiger partial charge in [0, 0.05) is 47.3 Å². The highest BCUT2D eigenvalue weighted by atomic mass is 32.2. The van der Waals surface area contributed by atoms with Crippen molar-refractivity contribution in [1.29, 1.82) is 4.78 Å². The van der Waals surface area contributed by atoms with E-state index in [1.54, 1.807) is 57.6 Å². The summed E-state index contributed by atoms with van der Waals surface area (Å²) < 4.78 is 55.8. The van der Waals surface area contributed by atoms with Crippen LogP contribution in [-0.4, -0.2) is 19.0 Å². The van der Waals surface area contributed by atoms with Crippen LogP contribution in [0.15, 0.2) is 59.7 Å². The van der Waals surface area contributed by atoms with Crippen molar-refractivity contribution < 1.29 is 17.7 Å². The largest absolute Gasteiger partial charge is 0.454 e. The monoisotopic (exact) mass is 471 g/mol. The fourth-order valence-corrected chi connectivity index (χ4v) is 4.55. The van der Waals surface area contributed by atoms with Crippen LogP contribution < -0.4 is 10.3 Å². The number of aryl methyl sites for hydroxylation is 1. The number of H-pyrrole nitrogens is 1. The predicted octanol–water partition coefficient (Wildman–Crippen LogP) is 5.56. The van der Waals surface area contributed by atoms with Crippen LogP contribution in [0.1, 0.15) is 19.4 Å². The molecule has 2 aromatic heterocycles. The summed E-state index contributed by atoms with van der Waals surface area (Å²) in [7, 11) is -1.27. The van der Waals surface area contributed by atoms with Gasteiger partial charge in [0.25, 0.3) is 5.56 Å². The highest BCUT2D eigenvalue weighted by Gasteiger charge is 2.19. The second kappa shape index (κ2) is 8.47. The molecule has 172 valence electrons. The van der Waals surface area contributed by atoms with Gasteiger partial charge in [-0.05, 0) is 35.9 Å². The van der Waals surface area contributed by atoms with Crippen LogP contribution in [0.4, 0.5) is 8.78 Å². The van der Waals surface area contributed by atoms with E-state index >= 15 is 0 Å². The van der Waals surface area contributed by atoms with Gasteiger partial charge in [-0.3, -0.25) is 9.57 Å². The lowest BCUT2D eigenvalue weighted by molar-refractivity contribution is 0.439. The molecule has 2 aromatic carbocycles. The van der Waals surface area contributed by atoms with Crippen molar-refractivity contribution in [3.63, 3.8) is 0 Å². The van der Waals surface area contributed by atoms with Crippen molar-refractivity contribution in [2.45, 2.75) is 24.9 Å². The number of ether oxygens (including phenoxy) is 1. The van der Waals surface area contributed by atoms with Gasteiger partial charge in [-0.2, -0.15) is 0 Å². The molecule has 4 rings (SSSR count). The first kappa shape index (κ1) is 22.7. The van der Waals surface area contributed by atoms with E-state index in [-0.39, 0.29) is 28.1 Å². The second-order valence-electron chi connectivity index (χ2n) is 8.15. The van der Waals surface area contributed by atoms with Gasteiger partial charge in [0.05, 0.1) is 15.5 Å². The molecule has 6 nitrogen and oxygen atoms in total. The first-order chi connectivity index (χ1) is 15.6. The first-order valence-electron chi connectivity index (χ1n) is 10.2. The summed E-state index contributed by atoms with van der Waals surface area (Å²) in [6.45, 7) is 3.47. The summed E-state index contributed by atoms with van der Waals surface area (Å²) in [5.74, 6) is -1.43. The standard InChI is InChI=1S/C24H23F2N3O3S/c1-14(2)33(27,31)13-15-4-6-21(32-22-7-5-16(25)11-20(22)26)18(10-15)19-12-29(3)24(30)23-17(19)8-9-28-23/h4-12,14,27-28H,13H2,1-3H3. The number of aromatic amines is 1. The Morgan fingerprint density at radius 2 is 1.82 bits per heavy atom. The van der Waals surface area contributed by atoms with E-state index in [0.29, 0.717) is 27.6 Å². The van der Waals surface area contributed by atoms with Gasteiger partial charge in [-0.15, -0.1) is 0 Å². The van der Waals surface area contributed by atoms with Crippen LogP contribution in [0.3, 0.4) is 0 Å². The number of hydrogen-bond donors (Lipinski definition) is 2. The Bertz CT molecular complexity index is 1520. The van der Waals surface area contributed by atoms with Gasteiger partial charge in [0.2, 0.25) is 0 Å². The SMILES string of the molecule is CC(C)S(=N)(=O)Cc1ccc(Oc2ccc(F)cc2F)c(-c2cn(C)c(=O)c3[nH]ccc23)c1. The Balaban J connectivity index is 1.92. The summed E-state index contributed by atoms with van der Waals surface area (Å²) in [6.07, 6.45) is 3.29. The molecule has 0 radical (unpaired) electrons. The zero-order valence-electron chi connectivity index (χ0n) is 18.3. The van der Waals surface area contributed by atoms with Crippen LogP contribution in [0.25, 0.3) is 22.0 Å². The molecular weight excluding hydrogens is 448 g/mol. The third-order valence-electron chi connectivity index (χ3n) is 5.48. The van der Waals surface area contributed by atoms with E-state index in [1.807, 2.05) is 0 Å². The number of rotatable bonds is 6. The number of pyridine rings is 1. The smallest absolute Gasteiger partial charge is 0.274 e. The molecule has 2 heterocycles. The fourth-order valence-electron chi connectivity index (χ4n) is 3.54. The molecule has 1 atom stereocenters. The van der Waals surface area contributed by atoms with Gasteiger partial charge in [0.15, 0.2) is 11.6 Å². The Morgan fingerprint density at radius 1 is 1.09 bits per heavy atom. The number of nitrogens with zero attached hydrogens (tertiary/aromatic N) is 1. The van der Waals surface area contributed by atoms with Crippen LogP contribution in [0, 0.1) is 16.4 Å². The lowest BCUT2D eigenvalue weighted by atomic mass is 10.0. The van der Waals surface area contributed by atoms with Crippen molar-refractivity contribution in [2.24, 2.45) is 7.05 Å². The molecule has 33 heavy (non-hydrogen) atoms. The van der Waals surface area contributed by atoms with E-state index in [0.717, 1.165) is 12.1 Å². The maximum atomic E-state index is 14.3. The molecule has 2 N–H and O–H groups in total. The van der Waals surface area contributed by atoms with Crippen LogP contribution in [0.5, 0.6) is 11.5 Å². The molecule has 0 fully saturated rings. The normalized spacial score (nSPS) is 13.4. The van der Waals surface area contributed by atoms with Crippen molar-refractivity contribution in [1.82, 2.24) is 9.55 Å². The number of aromatic nitrogens is 2. The molecule has 0 aliphatic carbocycles. The molecule has 0 saturated heterocycles. The predicted molar refractivity (Wildman–Crippen MR) is 125 cm³/mol. The number of halogens is 2. The van der Waals surface area contributed by atoms with Crippen LogP contribution in [0.2, 0.25) is 0 Å². The first-order valence-corrected chi connectivity index (χ1v) is 12.0. The van der Waals surface area contributed by atoms with E-state index < -0.39 is 21.4 Å². The molecule has 9 heteroatoms. The summed E-state index contributed by atoms with van der Waals surface area (Å²) >= 11 is 0. The summed E-state index contributed by atoms with van der Waals surface area (Å²) in [5.41, 5.74) is 1.98. The Hall–Kier alpha value is -3.46. The second-order valence-corrected chi connectivity index (χ2v) is 10.8. The lowest BCUT2D eigenvalue weighted by Crippen LogP contribution is -2.16. The van der Waals surface area contributed by atoms with E-state index in [1.165, 1.54) is 10.6 Å². The van der Waals surface area contributed by atoms with Gasteiger partial charge in [-0.25, -0.2) is 13.0 Å². The van der Waals surface area contributed by atoms with Crippen LogP contribution in [-0.2, 0) is 22.5 Å². The fraction of sp³-hybridized carbons (Fsp3) is 0.208. The molecule has 0 bridgehead atoms. The highest BCUT2D eigenvalue weighted by molar-refractivity contribution is 7.92. The van der Waals surface area contributed by atoms with Crippen molar-refractivity contribution in [2.75, 3.05) is 0 Å². The van der Waals surface area contributed by atoms with E-state index in [4.69, 9.17) is 9.52 Å². The molecule has 4 aromatic rings.